The van der Waals surface area contributed by atoms with E-state index in [0.717, 1.165) is 72.1 Å². The van der Waals surface area contributed by atoms with Crippen molar-refractivity contribution in [1.82, 2.24) is 20.2 Å². The highest BCUT2D eigenvalue weighted by molar-refractivity contribution is 5.82. The zero-order chi connectivity index (χ0) is 34.2. The van der Waals surface area contributed by atoms with E-state index >= 15 is 0 Å². The van der Waals surface area contributed by atoms with E-state index in [-0.39, 0.29) is 24.7 Å². The molecule has 0 saturated carbocycles. The van der Waals surface area contributed by atoms with E-state index in [1.165, 1.54) is 6.92 Å². The molecular formula is C38H43N5O6. The van der Waals surface area contributed by atoms with Crippen molar-refractivity contribution in [3.05, 3.63) is 114 Å². The van der Waals surface area contributed by atoms with Crippen molar-refractivity contribution < 1.29 is 28.9 Å². The van der Waals surface area contributed by atoms with E-state index < -0.39 is 18.4 Å². The normalized spacial score (nSPS) is 20.4. The Morgan fingerprint density at radius 3 is 2.33 bits per heavy atom. The van der Waals surface area contributed by atoms with Crippen molar-refractivity contribution in [3.8, 4) is 11.1 Å². The molecule has 0 radical (unpaired) electrons. The number of aromatic nitrogens is 2. The first-order valence-electron chi connectivity index (χ1n) is 16.7. The number of esters is 1. The summed E-state index contributed by atoms with van der Waals surface area (Å²) in [6, 6.07) is 25.9. The summed E-state index contributed by atoms with van der Waals surface area (Å²) in [5.41, 5.74) is 5.73. The van der Waals surface area contributed by atoms with Crippen LogP contribution in [-0.4, -0.2) is 76.8 Å². The third-order valence-electron chi connectivity index (χ3n) is 8.88. The van der Waals surface area contributed by atoms with Gasteiger partial charge in [0.05, 0.1) is 18.8 Å². The van der Waals surface area contributed by atoms with Gasteiger partial charge in [0.2, 0.25) is 5.95 Å². The molecule has 4 aromatic rings. The van der Waals surface area contributed by atoms with Crippen LogP contribution < -0.4 is 10.2 Å². The number of benzene rings is 3. The molecule has 3 aromatic carbocycles. The van der Waals surface area contributed by atoms with Crippen LogP contribution in [-0.2, 0) is 37.0 Å². The standard InChI is InChI=1S/C38H43N5O6/c1-26(47-27(2)45)36(46)41-23-29-6-3-7-31(20-29)32-8-4-9-33(21-32)37-48-34(22-35(49-37)30-12-10-28(25-44)11-13-30)24-42-16-18-43(19-17-42)38-39-14-5-15-40-38/h3-15,20-21,26,34-35,37,44H,16-19,22-25H2,1-2H3,(H,41,46)/t26-,34-,35+,37+/m0/s1. The van der Waals surface area contributed by atoms with Gasteiger partial charge in [-0.2, -0.15) is 0 Å². The number of anilines is 1. The van der Waals surface area contributed by atoms with E-state index in [1.807, 2.05) is 72.8 Å². The highest BCUT2D eigenvalue weighted by atomic mass is 16.7. The van der Waals surface area contributed by atoms with Gasteiger partial charge in [0.25, 0.3) is 5.91 Å². The number of ether oxygens (including phenoxy) is 3. The first kappa shape index (κ1) is 34.2. The molecule has 6 rings (SSSR count). The number of carbonyl (C=O) groups excluding carboxylic acids is 2. The van der Waals surface area contributed by atoms with Gasteiger partial charge in [-0.05, 0) is 52.9 Å². The second-order valence-corrected chi connectivity index (χ2v) is 12.5. The van der Waals surface area contributed by atoms with Crippen LogP contribution in [0.1, 0.15) is 54.9 Å². The third-order valence-corrected chi connectivity index (χ3v) is 8.88. The SMILES string of the molecule is CC(=O)O[C@@H](C)C(=O)NCc1cccc(-c2cccc([C@@H]3O[C@H](CN4CCN(c5ncccn5)CC4)C[C@H](c4ccc(CO)cc4)O3)c2)c1. The van der Waals surface area contributed by atoms with Gasteiger partial charge in [0.1, 0.15) is 0 Å². The second-order valence-electron chi connectivity index (χ2n) is 12.5. The number of hydrogen-bond acceptors (Lipinski definition) is 10. The molecule has 2 N–H and O–H groups in total. The van der Waals surface area contributed by atoms with Crippen molar-refractivity contribution in [3.63, 3.8) is 0 Å². The molecule has 0 aliphatic carbocycles. The fraction of sp³-hybridized carbons (Fsp3) is 0.368. The maximum atomic E-state index is 12.4. The van der Waals surface area contributed by atoms with Crippen LogP contribution in [0.4, 0.5) is 5.95 Å². The molecule has 49 heavy (non-hydrogen) atoms. The lowest BCUT2D eigenvalue weighted by atomic mass is 9.98. The van der Waals surface area contributed by atoms with Gasteiger partial charge < -0.3 is 29.5 Å². The predicted molar refractivity (Wildman–Crippen MR) is 184 cm³/mol. The minimum absolute atomic E-state index is 0.00602. The maximum Gasteiger partial charge on any atom is 0.303 e. The summed E-state index contributed by atoms with van der Waals surface area (Å²) in [5, 5.41) is 12.4. The van der Waals surface area contributed by atoms with Gasteiger partial charge in [-0.3, -0.25) is 14.5 Å². The first-order chi connectivity index (χ1) is 23.8. The summed E-state index contributed by atoms with van der Waals surface area (Å²) in [6.45, 7) is 7.36. The molecule has 0 bridgehead atoms. The van der Waals surface area contributed by atoms with Crippen LogP contribution in [0.3, 0.4) is 0 Å². The summed E-state index contributed by atoms with van der Waals surface area (Å²) >= 11 is 0. The predicted octanol–water partition coefficient (Wildman–Crippen LogP) is 4.57. The molecule has 11 heteroatoms. The first-order valence-corrected chi connectivity index (χ1v) is 16.7. The average molecular weight is 666 g/mol. The van der Waals surface area contributed by atoms with Gasteiger partial charge in [0, 0.05) is 70.6 Å². The van der Waals surface area contributed by atoms with E-state index in [9.17, 15) is 14.7 Å². The molecule has 3 heterocycles. The van der Waals surface area contributed by atoms with Gasteiger partial charge in [-0.15, -0.1) is 0 Å². The summed E-state index contributed by atoms with van der Waals surface area (Å²) in [7, 11) is 0. The number of carbonyl (C=O) groups is 2. The molecule has 2 saturated heterocycles. The topological polar surface area (TPSA) is 126 Å². The highest BCUT2D eigenvalue weighted by Gasteiger charge is 2.34. The molecule has 2 aliphatic rings. The van der Waals surface area contributed by atoms with Crippen molar-refractivity contribution in [2.24, 2.45) is 0 Å². The van der Waals surface area contributed by atoms with E-state index in [2.05, 4.69) is 31.2 Å². The number of hydrogen-bond donors (Lipinski definition) is 2. The highest BCUT2D eigenvalue weighted by Crippen LogP contribution is 2.39. The molecule has 2 aliphatic heterocycles. The largest absolute Gasteiger partial charge is 0.453 e. The summed E-state index contributed by atoms with van der Waals surface area (Å²) in [5.74, 6) is -0.0822. The molecular weight excluding hydrogens is 622 g/mol. The monoisotopic (exact) mass is 665 g/mol. The van der Waals surface area contributed by atoms with Crippen molar-refractivity contribution in [2.45, 2.75) is 58.0 Å². The summed E-state index contributed by atoms with van der Waals surface area (Å²) in [4.78, 5) is 37.1. The molecule has 11 nitrogen and oxygen atoms in total. The smallest absolute Gasteiger partial charge is 0.303 e. The van der Waals surface area contributed by atoms with Gasteiger partial charge in [0.15, 0.2) is 12.4 Å². The van der Waals surface area contributed by atoms with E-state index in [4.69, 9.17) is 14.2 Å². The number of rotatable bonds is 11. The molecule has 1 aromatic heterocycles. The van der Waals surface area contributed by atoms with Crippen LogP contribution >= 0.6 is 0 Å². The Labute approximate surface area is 286 Å². The number of amides is 1. The number of nitrogens with one attached hydrogen (secondary N) is 1. The van der Waals surface area contributed by atoms with Gasteiger partial charge in [-0.25, -0.2) is 9.97 Å². The molecule has 4 atom stereocenters. The maximum absolute atomic E-state index is 12.4. The quantitative estimate of drug-likeness (QED) is 0.220. The van der Waals surface area contributed by atoms with Crippen LogP contribution in [0.2, 0.25) is 0 Å². The van der Waals surface area contributed by atoms with Crippen LogP contribution in [0.5, 0.6) is 0 Å². The Kier molecular flexibility index (Phi) is 11.3. The van der Waals surface area contributed by atoms with Crippen LogP contribution in [0.25, 0.3) is 11.1 Å². The average Bonchev–Trinajstić information content (AvgIpc) is 3.14. The lowest BCUT2D eigenvalue weighted by molar-refractivity contribution is -0.253. The molecule has 0 spiro atoms. The summed E-state index contributed by atoms with van der Waals surface area (Å²) < 4.78 is 18.3. The minimum Gasteiger partial charge on any atom is -0.453 e. The zero-order valence-corrected chi connectivity index (χ0v) is 27.9. The van der Waals surface area contributed by atoms with E-state index in [1.54, 1.807) is 19.3 Å². The van der Waals surface area contributed by atoms with Crippen LogP contribution in [0.15, 0.2) is 91.3 Å². The fourth-order valence-corrected chi connectivity index (χ4v) is 6.27. The van der Waals surface area contributed by atoms with Crippen molar-refractivity contribution in [1.29, 1.82) is 0 Å². The van der Waals surface area contributed by atoms with Crippen molar-refractivity contribution in [2.75, 3.05) is 37.6 Å². The molecule has 1 amide bonds. The fourth-order valence-electron chi connectivity index (χ4n) is 6.27. The van der Waals surface area contributed by atoms with Gasteiger partial charge in [-0.1, -0.05) is 60.7 Å². The van der Waals surface area contributed by atoms with E-state index in [0.29, 0.717) is 13.0 Å². The number of piperazine rings is 1. The Balaban J connectivity index is 1.16. The van der Waals surface area contributed by atoms with Gasteiger partial charge >= 0.3 is 5.97 Å². The number of nitrogens with zero attached hydrogens (tertiary/aromatic N) is 4. The second kappa shape index (κ2) is 16.1. The molecule has 256 valence electrons. The molecule has 2 fully saturated rings. The third kappa shape index (κ3) is 9.07. The van der Waals surface area contributed by atoms with Crippen LogP contribution in [0, 0.1) is 0 Å². The lowest BCUT2D eigenvalue weighted by Gasteiger charge is -2.40. The lowest BCUT2D eigenvalue weighted by Crippen LogP contribution is -2.50. The molecule has 0 unspecified atom stereocenters. The Morgan fingerprint density at radius 1 is 0.898 bits per heavy atom. The Bertz CT molecular complexity index is 1700. The number of aliphatic hydroxyl groups excluding tert-OH is 1. The number of aliphatic hydroxyl groups is 1. The Morgan fingerprint density at radius 2 is 1.61 bits per heavy atom. The zero-order valence-electron chi connectivity index (χ0n) is 27.9. The summed E-state index contributed by atoms with van der Waals surface area (Å²) in [6.07, 6.45) is 2.58. The van der Waals surface area contributed by atoms with Crippen molar-refractivity contribution >= 4 is 17.8 Å². The minimum atomic E-state index is -0.860. The Hall–Kier alpha value is -4.68.